The van der Waals surface area contributed by atoms with Gasteiger partial charge in [0.25, 0.3) is 11.6 Å². The number of carbonyl (C=O) groups is 1. The molecule has 0 aliphatic carbocycles. The second-order valence-electron chi connectivity index (χ2n) is 6.48. The summed E-state index contributed by atoms with van der Waals surface area (Å²) >= 11 is 1.32. The molecule has 0 aromatic heterocycles. The number of likely N-dealkylation sites (N-methyl/N-ethyl adjacent to an activating group) is 1. The molecule has 0 saturated carbocycles. The van der Waals surface area contributed by atoms with Gasteiger partial charge in [-0.2, -0.15) is 5.26 Å². The highest BCUT2D eigenvalue weighted by molar-refractivity contribution is 8.18. The van der Waals surface area contributed by atoms with Crippen LogP contribution in [0.3, 0.4) is 0 Å². The highest BCUT2D eigenvalue weighted by Crippen LogP contribution is 2.37. The van der Waals surface area contributed by atoms with Crippen LogP contribution in [-0.4, -0.2) is 41.1 Å². The molecule has 0 atom stereocenters. The Balaban J connectivity index is 1.90. The highest BCUT2D eigenvalue weighted by atomic mass is 32.2. The maximum atomic E-state index is 12.7. The van der Waals surface area contributed by atoms with E-state index < -0.39 is 4.92 Å². The average molecular weight is 452 g/mol. The van der Waals surface area contributed by atoms with E-state index in [0.29, 0.717) is 34.7 Å². The number of thioether (sulfide) groups is 1. The Hall–Kier alpha value is -3.84. The molecule has 1 saturated heterocycles. The second-order valence-corrected chi connectivity index (χ2v) is 7.49. The number of carbonyl (C=O) groups excluding carboxylic acids is 1. The Kier molecular flexibility index (Phi) is 7.12. The Morgan fingerprint density at radius 2 is 1.97 bits per heavy atom. The van der Waals surface area contributed by atoms with E-state index in [0.717, 1.165) is 11.6 Å². The standard InChI is InChI=1S/C22H20N4O5S/c1-4-24-22-25(5-2)21(27)20(32-22)11-14-6-8-18(19(10-14)30-3)31-17-9-7-16(26(28)29)12-15(17)13-23/h6-12H,4-5H2,1-3H3/b20-11+,24-22?. The Bertz CT molecular complexity index is 1170. The fraction of sp³-hybridized carbons (Fsp3) is 0.227. The number of nitriles is 1. The molecular weight excluding hydrogens is 432 g/mol. The summed E-state index contributed by atoms with van der Waals surface area (Å²) in [5.74, 6) is 0.775. The number of rotatable bonds is 7. The van der Waals surface area contributed by atoms with Crippen molar-refractivity contribution in [2.45, 2.75) is 13.8 Å². The van der Waals surface area contributed by atoms with Gasteiger partial charge in [0.15, 0.2) is 16.7 Å². The molecular formula is C22H20N4O5S. The van der Waals surface area contributed by atoms with E-state index in [4.69, 9.17) is 9.47 Å². The summed E-state index contributed by atoms with van der Waals surface area (Å²) in [6, 6.07) is 10.8. The van der Waals surface area contributed by atoms with Gasteiger partial charge in [-0.15, -0.1) is 0 Å². The minimum Gasteiger partial charge on any atom is -0.493 e. The third kappa shape index (κ3) is 4.73. The molecule has 0 bridgehead atoms. The molecule has 0 N–H and O–H groups in total. The lowest BCUT2D eigenvalue weighted by molar-refractivity contribution is -0.384. The topological polar surface area (TPSA) is 118 Å². The monoisotopic (exact) mass is 452 g/mol. The Morgan fingerprint density at radius 3 is 2.59 bits per heavy atom. The molecule has 1 aliphatic rings. The number of nitrogens with zero attached hydrogens (tertiary/aromatic N) is 4. The van der Waals surface area contributed by atoms with Crippen molar-refractivity contribution in [1.29, 1.82) is 5.26 Å². The minimum atomic E-state index is -0.577. The van der Waals surface area contributed by atoms with Crippen molar-refractivity contribution in [2.24, 2.45) is 4.99 Å². The van der Waals surface area contributed by atoms with E-state index in [1.807, 2.05) is 19.9 Å². The first kappa shape index (κ1) is 22.8. The van der Waals surface area contributed by atoms with Crippen LogP contribution in [0.5, 0.6) is 17.2 Å². The number of amidine groups is 1. The number of aliphatic imine (C=N–C) groups is 1. The lowest BCUT2D eigenvalue weighted by Crippen LogP contribution is -2.28. The van der Waals surface area contributed by atoms with Crippen LogP contribution in [-0.2, 0) is 4.79 Å². The first-order chi connectivity index (χ1) is 15.4. The van der Waals surface area contributed by atoms with Crippen molar-refractivity contribution in [3.63, 3.8) is 0 Å². The fourth-order valence-electron chi connectivity index (χ4n) is 2.98. The fourth-order valence-corrected chi connectivity index (χ4v) is 4.08. The number of benzene rings is 2. The van der Waals surface area contributed by atoms with Gasteiger partial charge < -0.3 is 9.47 Å². The van der Waals surface area contributed by atoms with Crippen LogP contribution in [0.25, 0.3) is 6.08 Å². The average Bonchev–Trinajstić information content (AvgIpc) is 3.08. The molecule has 1 heterocycles. The molecule has 164 valence electrons. The maximum Gasteiger partial charge on any atom is 0.271 e. The minimum absolute atomic E-state index is 0.0304. The Morgan fingerprint density at radius 1 is 1.22 bits per heavy atom. The van der Waals surface area contributed by atoms with Gasteiger partial charge in [0.2, 0.25) is 0 Å². The van der Waals surface area contributed by atoms with E-state index in [1.165, 1.54) is 31.0 Å². The van der Waals surface area contributed by atoms with Gasteiger partial charge in [-0.1, -0.05) is 6.07 Å². The van der Waals surface area contributed by atoms with Crippen molar-refractivity contribution in [1.82, 2.24) is 4.90 Å². The summed E-state index contributed by atoms with van der Waals surface area (Å²) < 4.78 is 11.2. The van der Waals surface area contributed by atoms with Crippen LogP contribution < -0.4 is 9.47 Å². The predicted molar refractivity (Wildman–Crippen MR) is 122 cm³/mol. The highest BCUT2D eigenvalue weighted by Gasteiger charge is 2.31. The molecule has 2 aromatic rings. The van der Waals surface area contributed by atoms with Gasteiger partial charge in [0.05, 0.1) is 16.9 Å². The summed E-state index contributed by atoms with van der Waals surface area (Å²) in [6.45, 7) is 4.94. The summed E-state index contributed by atoms with van der Waals surface area (Å²) in [5, 5.41) is 20.9. The largest absolute Gasteiger partial charge is 0.493 e. The molecule has 10 heteroatoms. The van der Waals surface area contributed by atoms with Crippen LogP contribution in [0.2, 0.25) is 0 Å². The summed E-state index contributed by atoms with van der Waals surface area (Å²) in [5.41, 5.74) is 0.555. The van der Waals surface area contributed by atoms with Crippen molar-refractivity contribution in [2.75, 3.05) is 20.2 Å². The van der Waals surface area contributed by atoms with E-state index in [2.05, 4.69) is 4.99 Å². The van der Waals surface area contributed by atoms with Crippen LogP contribution in [0.4, 0.5) is 5.69 Å². The quantitative estimate of drug-likeness (QED) is 0.343. The number of methoxy groups -OCH3 is 1. The zero-order valence-corrected chi connectivity index (χ0v) is 18.5. The third-order valence-electron chi connectivity index (χ3n) is 4.50. The maximum absolute atomic E-state index is 12.7. The lowest BCUT2D eigenvalue weighted by Gasteiger charge is -2.12. The molecule has 1 amide bonds. The lowest BCUT2D eigenvalue weighted by atomic mass is 10.1. The van der Waals surface area contributed by atoms with Crippen molar-refractivity contribution >= 4 is 34.6 Å². The van der Waals surface area contributed by atoms with Gasteiger partial charge >= 0.3 is 0 Å². The number of ether oxygens (including phenoxy) is 2. The molecule has 2 aromatic carbocycles. The number of amides is 1. The van der Waals surface area contributed by atoms with Gasteiger partial charge in [0.1, 0.15) is 17.4 Å². The first-order valence-corrected chi connectivity index (χ1v) is 10.5. The second kappa shape index (κ2) is 9.98. The third-order valence-corrected chi connectivity index (χ3v) is 5.54. The molecule has 0 spiro atoms. The molecule has 3 rings (SSSR count). The van der Waals surface area contributed by atoms with Crippen molar-refractivity contribution in [3.8, 4) is 23.3 Å². The SMILES string of the molecule is CCN=C1S/C(=C/c2ccc(Oc3ccc([N+](=O)[O-])cc3C#N)c(OC)c2)C(=O)N1CC. The van der Waals surface area contributed by atoms with Crippen LogP contribution in [0, 0.1) is 21.4 Å². The number of hydrogen-bond donors (Lipinski definition) is 0. The number of hydrogen-bond acceptors (Lipinski definition) is 8. The predicted octanol–water partition coefficient (Wildman–Crippen LogP) is 4.58. The molecule has 9 nitrogen and oxygen atoms in total. The van der Waals surface area contributed by atoms with E-state index in [1.54, 1.807) is 29.2 Å². The molecule has 0 unspecified atom stereocenters. The van der Waals surface area contributed by atoms with Gasteiger partial charge in [-0.05, 0) is 55.4 Å². The number of nitro benzene ring substituents is 1. The zero-order valence-electron chi connectivity index (χ0n) is 17.7. The van der Waals surface area contributed by atoms with E-state index >= 15 is 0 Å². The van der Waals surface area contributed by atoms with Crippen LogP contribution in [0.15, 0.2) is 46.3 Å². The molecule has 1 aliphatic heterocycles. The number of non-ortho nitro benzene ring substituents is 1. The number of nitro groups is 1. The smallest absolute Gasteiger partial charge is 0.271 e. The van der Waals surface area contributed by atoms with Gasteiger partial charge in [-0.3, -0.25) is 24.8 Å². The molecule has 0 radical (unpaired) electrons. The summed E-state index contributed by atoms with van der Waals surface area (Å²) in [4.78, 5) is 29.6. The molecule has 1 fully saturated rings. The first-order valence-electron chi connectivity index (χ1n) is 9.72. The summed E-state index contributed by atoms with van der Waals surface area (Å²) in [7, 11) is 1.47. The zero-order chi connectivity index (χ0) is 23.3. The van der Waals surface area contributed by atoms with Gasteiger partial charge in [-0.25, -0.2) is 0 Å². The van der Waals surface area contributed by atoms with Crippen LogP contribution >= 0.6 is 11.8 Å². The van der Waals surface area contributed by atoms with Crippen molar-refractivity contribution in [3.05, 3.63) is 62.5 Å². The molecule has 32 heavy (non-hydrogen) atoms. The Labute approximate surface area is 189 Å². The van der Waals surface area contributed by atoms with E-state index in [9.17, 15) is 20.2 Å². The van der Waals surface area contributed by atoms with Gasteiger partial charge in [0, 0.05) is 25.2 Å². The summed E-state index contributed by atoms with van der Waals surface area (Å²) in [6.07, 6.45) is 1.76. The normalized spacial score (nSPS) is 15.8. The van der Waals surface area contributed by atoms with Crippen molar-refractivity contribution < 1.29 is 19.2 Å². The van der Waals surface area contributed by atoms with Crippen LogP contribution in [0.1, 0.15) is 25.0 Å². The van der Waals surface area contributed by atoms with E-state index in [-0.39, 0.29) is 22.9 Å².